The standard InChI is InChI=1S/C18H17FN2/c1-12-3-4-14-9-13(6-8-18(14)21-12)17-10-16(19)7-5-15(17)11-20-2/h3-10,20H,11H2,1-2H3. The van der Waals surface area contributed by atoms with Crippen LogP contribution in [0.2, 0.25) is 0 Å². The van der Waals surface area contributed by atoms with Crippen LogP contribution < -0.4 is 5.32 Å². The molecule has 3 aromatic rings. The molecular weight excluding hydrogens is 263 g/mol. The second kappa shape index (κ2) is 5.62. The first-order valence-electron chi connectivity index (χ1n) is 6.98. The number of aryl methyl sites for hydroxylation is 1. The summed E-state index contributed by atoms with van der Waals surface area (Å²) >= 11 is 0. The third-order valence-corrected chi connectivity index (χ3v) is 3.58. The van der Waals surface area contributed by atoms with E-state index in [4.69, 9.17) is 0 Å². The van der Waals surface area contributed by atoms with Gasteiger partial charge in [0.05, 0.1) is 5.52 Å². The van der Waals surface area contributed by atoms with E-state index < -0.39 is 0 Å². The van der Waals surface area contributed by atoms with Gasteiger partial charge in [-0.2, -0.15) is 0 Å². The molecule has 0 aliphatic heterocycles. The number of halogens is 1. The van der Waals surface area contributed by atoms with E-state index in [1.807, 2.05) is 38.2 Å². The van der Waals surface area contributed by atoms with Crippen LogP contribution >= 0.6 is 0 Å². The molecule has 0 fully saturated rings. The lowest BCUT2D eigenvalue weighted by atomic mass is 9.98. The van der Waals surface area contributed by atoms with E-state index in [1.54, 1.807) is 6.07 Å². The van der Waals surface area contributed by atoms with E-state index in [9.17, 15) is 4.39 Å². The van der Waals surface area contributed by atoms with Crippen LogP contribution in [0.25, 0.3) is 22.0 Å². The molecule has 2 aromatic carbocycles. The van der Waals surface area contributed by atoms with E-state index in [2.05, 4.69) is 22.4 Å². The number of hydrogen-bond donors (Lipinski definition) is 1. The number of rotatable bonds is 3. The number of fused-ring (bicyclic) bond motifs is 1. The van der Waals surface area contributed by atoms with Crippen LogP contribution in [0, 0.1) is 12.7 Å². The van der Waals surface area contributed by atoms with Gasteiger partial charge in [-0.05, 0) is 61.0 Å². The van der Waals surface area contributed by atoms with Crippen molar-refractivity contribution in [1.82, 2.24) is 10.3 Å². The van der Waals surface area contributed by atoms with Gasteiger partial charge in [-0.15, -0.1) is 0 Å². The topological polar surface area (TPSA) is 24.9 Å². The Hall–Kier alpha value is -2.26. The van der Waals surface area contributed by atoms with Crippen molar-refractivity contribution in [3.63, 3.8) is 0 Å². The first-order valence-corrected chi connectivity index (χ1v) is 6.98. The Morgan fingerprint density at radius 1 is 1.05 bits per heavy atom. The minimum atomic E-state index is -0.216. The average Bonchev–Trinajstić information content (AvgIpc) is 2.49. The molecule has 21 heavy (non-hydrogen) atoms. The summed E-state index contributed by atoms with van der Waals surface area (Å²) in [5.41, 5.74) is 4.98. The highest BCUT2D eigenvalue weighted by molar-refractivity contribution is 5.85. The maximum Gasteiger partial charge on any atom is 0.123 e. The SMILES string of the molecule is CNCc1ccc(F)cc1-c1ccc2nc(C)ccc2c1. The van der Waals surface area contributed by atoms with Crippen molar-refractivity contribution >= 4 is 10.9 Å². The number of benzene rings is 2. The van der Waals surface area contributed by atoms with Crippen LogP contribution in [0.1, 0.15) is 11.3 Å². The maximum atomic E-state index is 13.6. The lowest BCUT2D eigenvalue weighted by Gasteiger charge is -2.11. The molecule has 1 heterocycles. The molecule has 0 atom stereocenters. The van der Waals surface area contributed by atoms with Crippen molar-refractivity contribution in [2.75, 3.05) is 7.05 Å². The Labute approximate surface area is 123 Å². The normalized spacial score (nSPS) is 11.0. The highest BCUT2D eigenvalue weighted by Crippen LogP contribution is 2.27. The Bertz CT molecular complexity index is 796. The van der Waals surface area contributed by atoms with E-state index in [0.717, 1.165) is 33.3 Å². The molecule has 2 nitrogen and oxygen atoms in total. The minimum absolute atomic E-state index is 0.216. The van der Waals surface area contributed by atoms with Gasteiger partial charge in [0.2, 0.25) is 0 Å². The first kappa shape index (κ1) is 13.7. The van der Waals surface area contributed by atoms with Gasteiger partial charge in [0.1, 0.15) is 5.82 Å². The molecule has 0 saturated carbocycles. The smallest absolute Gasteiger partial charge is 0.123 e. The van der Waals surface area contributed by atoms with Gasteiger partial charge < -0.3 is 5.32 Å². The Balaban J connectivity index is 2.15. The fraction of sp³-hybridized carbons (Fsp3) is 0.167. The molecule has 3 rings (SSSR count). The van der Waals surface area contributed by atoms with E-state index in [1.165, 1.54) is 6.07 Å². The van der Waals surface area contributed by atoms with Crippen molar-refractivity contribution in [3.8, 4) is 11.1 Å². The van der Waals surface area contributed by atoms with Crippen molar-refractivity contribution < 1.29 is 4.39 Å². The summed E-state index contributed by atoms with van der Waals surface area (Å²) in [5, 5.41) is 4.19. The van der Waals surface area contributed by atoms with E-state index in [-0.39, 0.29) is 5.82 Å². The quantitative estimate of drug-likeness (QED) is 0.782. The molecule has 0 amide bonds. The fourth-order valence-corrected chi connectivity index (χ4v) is 2.56. The molecule has 0 aliphatic carbocycles. The van der Waals surface area contributed by atoms with Gasteiger partial charge >= 0.3 is 0 Å². The molecule has 0 spiro atoms. The predicted octanol–water partition coefficient (Wildman–Crippen LogP) is 4.07. The number of aromatic nitrogens is 1. The Morgan fingerprint density at radius 2 is 1.90 bits per heavy atom. The van der Waals surface area contributed by atoms with Crippen molar-refractivity contribution in [3.05, 3.63) is 65.6 Å². The van der Waals surface area contributed by atoms with Crippen LogP contribution in [0.5, 0.6) is 0 Å². The molecular formula is C18H17FN2. The summed E-state index contributed by atoms with van der Waals surface area (Å²) in [6.45, 7) is 2.69. The predicted molar refractivity (Wildman–Crippen MR) is 84.6 cm³/mol. The van der Waals surface area contributed by atoms with Crippen LogP contribution in [0.3, 0.4) is 0 Å². The molecule has 106 valence electrons. The van der Waals surface area contributed by atoms with Gasteiger partial charge in [-0.25, -0.2) is 4.39 Å². The number of hydrogen-bond acceptors (Lipinski definition) is 2. The minimum Gasteiger partial charge on any atom is -0.316 e. The summed E-state index contributed by atoms with van der Waals surface area (Å²) in [6, 6.07) is 15.0. The molecule has 0 aliphatic rings. The number of nitrogens with one attached hydrogen (secondary N) is 1. The zero-order chi connectivity index (χ0) is 14.8. The molecule has 3 heteroatoms. The molecule has 1 aromatic heterocycles. The summed E-state index contributed by atoms with van der Waals surface area (Å²) in [4.78, 5) is 4.50. The van der Waals surface area contributed by atoms with Crippen molar-refractivity contribution in [2.24, 2.45) is 0 Å². The van der Waals surface area contributed by atoms with Crippen molar-refractivity contribution in [1.29, 1.82) is 0 Å². The molecule has 0 bridgehead atoms. The van der Waals surface area contributed by atoms with E-state index in [0.29, 0.717) is 6.54 Å². The number of pyridine rings is 1. The highest BCUT2D eigenvalue weighted by Gasteiger charge is 2.07. The summed E-state index contributed by atoms with van der Waals surface area (Å²) < 4.78 is 13.6. The zero-order valence-electron chi connectivity index (χ0n) is 12.2. The largest absolute Gasteiger partial charge is 0.316 e. The van der Waals surface area contributed by atoms with Crippen LogP contribution in [0.15, 0.2) is 48.5 Å². The highest BCUT2D eigenvalue weighted by atomic mass is 19.1. The molecule has 0 saturated heterocycles. The lowest BCUT2D eigenvalue weighted by Crippen LogP contribution is -2.06. The average molecular weight is 280 g/mol. The van der Waals surface area contributed by atoms with Crippen LogP contribution in [-0.2, 0) is 6.54 Å². The van der Waals surface area contributed by atoms with Crippen LogP contribution in [-0.4, -0.2) is 12.0 Å². The van der Waals surface area contributed by atoms with Gasteiger partial charge in [0, 0.05) is 17.6 Å². The summed E-state index contributed by atoms with van der Waals surface area (Å²) in [5.74, 6) is -0.216. The maximum absolute atomic E-state index is 13.6. The Kier molecular flexibility index (Phi) is 3.67. The zero-order valence-corrected chi connectivity index (χ0v) is 12.2. The fourth-order valence-electron chi connectivity index (χ4n) is 2.56. The third-order valence-electron chi connectivity index (χ3n) is 3.58. The third kappa shape index (κ3) is 2.78. The van der Waals surface area contributed by atoms with Gasteiger partial charge in [-0.1, -0.05) is 18.2 Å². The van der Waals surface area contributed by atoms with E-state index >= 15 is 0 Å². The molecule has 0 radical (unpaired) electrons. The Morgan fingerprint density at radius 3 is 2.71 bits per heavy atom. The van der Waals surface area contributed by atoms with Gasteiger partial charge in [0.15, 0.2) is 0 Å². The summed E-state index contributed by atoms with van der Waals surface area (Å²) in [7, 11) is 1.89. The summed E-state index contributed by atoms with van der Waals surface area (Å²) in [6.07, 6.45) is 0. The lowest BCUT2D eigenvalue weighted by molar-refractivity contribution is 0.627. The van der Waals surface area contributed by atoms with Gasteiger partial charge in [0.25, 0.3) is 0 Å². The molecule has 0 unspecified atom stereocenters. The monoisotopic (exact) mass is 280 g/mol. The van der Waals surface area contributed by atoms with Crippen molar-refractivity contribution in [2.45, 2.75) is 13.5 Å². The van der Waals surface area contributed by atoms with Crippen LogP contribution in [0.4, 0.5) is 4.39 Å². The number of nitrogens with zero attached hydrogens (tertiary/aromatic N) is 1. The molecule has 1 N–H and O–H groups in total. The van der Waals surface area contributed by atoms with Gasteiger partial charge in [-0.3, -0.25) is 4.98 Å². The first-order chi connectivity index (χ1) is 10.2. The second-order valence-electron chi connectivity index (χ2n) is 5.19. The second-order valence-corrected chi connectivity index (χ2v) is 5.19.